The number of amides is 1. The lowest BCUT2D eigenvalue weighted by Gasteiger charge is -2.27. The zero-order valence-electron chi connectivity index (χ0n) is 11.4. The van der Waals surface area contributed by atoms with Crippen molar-refractivity contribution in [3.8, 4) is 0 Å². The number of nitrogens with one attached hydrogen (secondary N) is 1. The van der Waals surface area contributed by atoms with Crippen LogP contribution in [0.5, 0.6) is 0 Å². The second kappa shape index (κ2) is 9.64. The maximum absolute atomic E-state index is 11.9. The molecule has 0 rings (SSSR count). The Balaban J connectivity index is 3.93. The van der Waals surface area contributed by atoms with Crippen LogP contribution in [-0.2, 0) is 4.79 Å². The third-order valence-corrected chi connectivity index (χ3v) is 2.71. The Kier molecular flexibility index (Phi) is 9.30. The summed E-state index contributed by atoms with van der Waals surface area (Å²) in [4.78, 5) is 13.9. The van der Waals surface area contributed by atoms with Crippen LogP contribution in [0.3, 0.4) is 0 Å². The van der Waals surface area contributed by atoms with Crippen molar-refractivity contribution in [3.63, 3.8) is 0 Å². The summed E-state index contributed by atoms with van der Waals surface area (Å²) >= 11 is 0. The highest BCUT2D eigenvalue weighted by Gasteiger charge is 2.15. The molecular formula is C13H28N2O. The first-order valence-corrected chi connectivity index (χ1v) is 6.63. The number of rotatable bonds is 9. The minimum absolute atomic E-state index is 0.284. The monoisotopic (exact) mass is 228 g/mol. The minimum atomic E-state index is 0.284. The molecule has 0 spiro atoms. The smallest absolute Gasteiger partial charge is 0.224 e. The van der Waals surface area contributed by atoms with Gasteiger partial charge in [-0.25, -0.2) is 0 Å². The molecule has 96 valence electrons. The summed E-state index contributed by atoms with van der Waals surface area (Å²) in [5, 5.41) is 3.19. The van der Waals surface area contributed by atoms with Gasteiger partial charge in [0.15, 0.2) is 0 Å². The first-order valence-electron chi connectivity index (χ1n) is 6.63. The van der Waals surface area contributed by atoms with Crippen LogP contribution < -0.4 is 5.32 Å². The molecule has 16 heavy (non-hydrogen) atoms. The van der Waals surface area contributed by atoms with Crippen molar-refractivity contribution < 1.29 is 4.79 Å². The largest absolute Gasteiger partial charge is 0.340 e. The SMILES string of the molecule is CCCCCN(C(=O)CCNCC)C(C)C. The van der Waals surface area contributed by atoms with Crippen molar-refractivity contribution in [1.29, 1.82) is 0 Å². The summed E-state index contributed by atoms with van der Waals surface area (Å²) < 4.78 is 0. The van der Waals surface area contributed by atoms with Crippen LogP contribution in [0.1, 0.15) is 53.4 Å². The van der Waals surface area contributed by atoms with Gasteiger partial charge in [-0.2, -0.15) is 0 Å². The first kappa shape index (κ1) is 15.4. The molecule has 0 bridgehead atoms. The van der Waals surface area contributed by atoms with E-state index < -0.39 is 0 Å². The lowest BCUT2D eigenvalue weighted by atomic mass is 10.2. The van der Waals surface area contributed by atoms with E-state index in [0.717, 1.165) is 26.1 Å². The molecule has 0 saturated carbocycles. The molecule has 0 heterocycles. The molecule has 0 aliphatic rings. The van der Waals surface area contributed by atoms with E-state index in [2.05, 4.69) is 33.0 Å². The van der Waals surface area contributed by atoms with Gasteiger partial charge in [-0.05, 0) is 26.8 Å². The van der Waals surface area contributed by atoms with Crippen LogP contribution in [0.15, 0.2) is 0 Å². The minimum Gasteiger partial charge on any atom is -0.340 e. The highest BCUT2D eigenvalue weighted by Crippen LogP contribution is 2.05. The number of carbonyl (C=O) groups is 1. The van der Waals surface area contributed by atoms with Crippen molar-refractivity contribution in [3.05, 3.63) is 0 Å². The van der Waals surface area contributed by atoms with Gasteiger partial charge in [-0.15, -0.1) is 0 Å². The third kappa shape index (κ3) is 6.83. The summed E-state index contributed by atoms with van der Waals surface area (Å²) in [6.07, 6.45) is 4.17. The molecule has 0 aromatic heterocycles. The zero-order chi connectivity index (χ0) is 12.4. The van der Waals surface area contributed by atoms with Crippen molar-refractivity contribution >= 4 is 5.91 Å². The molecule has 0 unspecified atom stereocenters. The van der Waals surface area contributed by atoms with Crippen molar-refractivity contribution in [2.24, 2.45) is 0 Å². The highest BCUT2D eigenvalue weighted by molar-refractivity contribution is 5.76. The summed E-state index contributed by atoms with van der Waals surface area (Å²) in [5.74, 6) is 0.284. The van der Waals surface area contributed by atoms with Gasteiger partial charge in [-0.1, -0.05) is 26.7 Å². The molecule has 3 heteroatoms. The van der Waals surface area contributed by atoms with Gasteiger partial charge in [0.2, 0.25) is 5.91 Å². The second-order valence-electron chi connectivity index (χ2n) is 4.49. The van der Waals surface area contributed by atoms with Crippen LogP contribution in [-0.4, -0.2) is 36.5 Å². The standard InChI is InChI=1S/C13H28N2O/c1-5-7-8-11-15(12(3)4)13(16)9-10-14-6-2/h12,14H,5-11H2,1-4H3. The maximum Gasteiger partial charge on any atom is 0.224 e. The number of carbonyl (C=O) groups excluding carboxylic acids is 1. The van der Waals surface area contributed by atoms with E-state index in [1.807, 2.05) is 4.90 Å². The summed E-state index contributed by atoms with van der Waals surface area (Å²) in [6.45, 7) is 11.1. The Morgan fingerprint density at radius 1 is 1.25 bits per heavy atom. The van der Waals surface area contributed by atoms with Crippen LogP contribution in [0, 0.1) is 0 Å². The fourth-order valence-electron chi connectivity index (χ4n) is 1.72. The molecule has 0 aliphatic heterocycles. The Morgan fingerprint density at radius 3 is 2.44 bits per heavy atom. The molecule has 0 aromatic carbocycles. The molecule has 1 N–H and O–H groups in total. The van der Waals surface area contributed by atoms with Gasteiger partial charge in [0.1, 0.15) is 0 Å². The quantitative estimate of drug-likeness (QED) is 0.615. The summed E-state index contributed by atoms with van der Waals surface area (Å²) in [6, 6.07) is 0.325. The van der Waals surface area contributed by atoms with E-state index in [0.29, 0.717) is 12.5 Å². The second-order valence-corrected chi connectivity index (χ2v) is 4.49. The molecule has 0 fully saturated rings. The first-order chi connectivity index (χ1) is 7.63. The Bertz CT molecular complexity index is 181. The van der Waals surface area contributed by atoms with E-state index in [9.17, 15) is 4.79 Å². The van der Waals surface area contributed by atoms with Crippen LogP contribution >= 0.6 is 0 Å². The molecule has 3 nitrogen and oxygen atoms in total. The van der Waals surface area contributed by atoms with E-state index in [1.165, 1.54) is 12.8 Å². The number of unbranched alkanes of at least 4 members (excludes halogenated alkanes) is 2. The molecule has 0 aliphatic carbocycles. The van der Waals surface area contributed by atoms with Crippen molar-refractivity contribution in [2.75, 3.05) is 19.6 Å². The molecule has 0 saturated heterocycles. The third-order valence-electron chi connectivity index (χ3n) is 2.71. The van der Waals surface area contributed by atoms with Crippen molar-refractivity contribution in [1.82, 2.24) is 10.2 Å². The fraction of sp³-hybridized carbons (Fsp3) is 0.923. The summed E-state index contributed by atoms with van der Waals surface area (Å²) in [5.41, 5.74) is 0. The molecular weight excluding hydrogens is 200 g/mol. The van der Waals surface area contributed by atoms with E-state index >= 15 is 0 Å². The number of nitrogens with zero attached hydrogens (tertiary/aromatic N) is 1. The Morgan fingerprint density at radius 2 is 1.94 bits per heavy atom. The topological polar surface area (TPSA) is 32.3 Å². The lowest BCUT2D eigenvalue weighted by molar-refractivity contribution is -0.132. The molecule has 0 aromatic rings. The van der Waals surface area contributed by atoms with E-state index in [1.54, 1.807) is 0 Å². The van der Waals surface area contributed by atoms with Gasteiger partial charge < -0.3 is 10.2 Å². The van der Waals surface area contributed by atoms with Crippen LogP contribution in [0.25, 0.3) is 0 Å². The summed E-state index contributed by atoms with van der Waals surface area (Å²) in [7, 11) is 0. The lowest BCUT2D eigenvalue weighted by Crippen LogP contribution is -2.39. The van der Waals surface area contributed by atoms with Crippen molar-refractivity contribution in [2.45, 2.75) is 59.4 Å². The van der Waals surface area contributed by atoms with Gasteiger partial charge >= 0.3 is 0 Å². The average molecular weight is 228 g/mol. The van der Waals surface area contributed by atoms with E-state index in [-0.39, 0.29) is 5.91 Å². The Hall–Kier alpha value is -0.570. The number of hydrogen-bond donors (Lipinski definition) is 1. The molecule has 0 radical (unpaired) electrons. The Labute approximate surface area is 101 Å². The maximum atomic E-state index is 11.9. The number of hydrogen-bond acceptors (Lipinski definition) is 2. The molecule has 0 atom stereocenters. The van der Waals surface area contributed by atoms with E-state index in [4.69, 9.17) is 0 Å². The fourth-order valence-corrected chi connectivity index (χ4v) is 1.72. The van der Waals surface area contributed by atoms with Gasteiger partial charge in [0, 0.05) is 25.6 Å². The van der Waals surface area contributed by atoms with Crippen LogP contribution in [0.4, 0.5) is 0 Å². The van der Waals surface area contributed by atoms with Crippen LogP contribution in [0.2, 0.25) is 0 Å². The van der Waals surface area contributed by atoms with Gasteiger partial charge in [0.05, 0.1) is 0 Å². The normalized spacial score (nSPS) is 10.8. The highest BCUT2D eigenvalue weighted by atomic mass is 16.2. The predicted molar refractivity (Wildman–Crippen MR) is 69.5 cm³/mol. The molecule has 1 amide bonds. The van der Waals surface area contributed by atoms with Gasteiger partial charge in [-0.3, -0.25) is 4.79 Å². The zero-order valence-corrected chi connectivity index (χ0v) is 11.4. The average Bonchev–Trinajstić information content (AvgIpc) is 2.24. The van der Waals surface area contributed by atoms with Gasteiger partial charge in [0.25, 0.3) is 0 Å². The predicted octanol–water partition coefficient (Wildman–Crippen LogP) is 2.41.